The van der Waals surface area contributed by atoms with E-state index >= 15 is 0 Å². The molecule has 10 nitrogen and oxygen atoms in total. The average molecular weight is 535 g/mol. The Hall–Kier alpha value is -4.44. The minimum Gasteiger partial charge on any atom is -0.465 e. The number of amides is 2. The van der Waals surface area contributed by atoms with E-state index in [0.29, 0.717) is 22.8 Å². The number of rotatable bonds is 7. The van der Waals surface area contributed by atoms with E-state index in [0.717, 1.165) is 11.3 Å². The summed E-state index contributed by atoms with van der Waals surface area (Å²) < 4.78 is 12.3. The number of aromatic nitrogens is 4. The molecule has 0 aliphatic carbocycles. The van der Waals surface area contributed by atoms with Gasteiger partial charge in [-0.15, -0.1) is 0 Å². The molecule has 0 atom stereocenters. The number of nitrogens with zero attached hydrogens (tertiary/aromatic N) is 4. The van der Waals surface area contributed by atoms with Gasteiger partial charge in [0.05, 0.1) is 24.1 Å². The second-order valence-electron chi connectivity index (χ2n) is 9.30. The molecule has 38 heavy (non-hydrogen) atoms. The number of hydrogen-bond donors (Lipinski definition) is 2. The van der Waals surface area contributed by atoms with Gasteiger partial charge in [0, 0.05) is 35.9 Å². The van der Waals surface area contributed by atoms with E-state index in [-0.39, 0.29) is 23.1 Å². The van der Waals surface area contributed by atoms with Crippen LogP contribution in [-0.4, -0.2) is 38.9 Å². The lowest BCUT2D eigenvalue weighted by atomic mass is 9.92. The second-order valence-corrected chi connectivity index (χ2v) is 9.64. The highest BCUT2D eigenvalue weighted by Crippen LogP contribution is 2.27. The molecule has 2 N–H and O–H groups in total. The minimum atomic E-state index is -0.465. The Morgan fingerprint density at radius 2 is 1.84 bits per heavy atom. The van der Waals surface area contributed by atoms with Gasteiger partial charge in [-0.05, 0) is 35.9 Å². The molecule has 0 saturated heterocycles. The molecule has 0 aliphatic heterocycles. The number of hydrogen-bond acceptors (Lipinski definition) is 7. The normalized spacial score (nSPS) is 11.1. The molecule has 0 aliphatic rings. The SMILES string of the molecule is COC(=O)c1cccc(-n2nc(C(C)(C)C)cc2NC(=O)NCc2ccccc2Oc2ccnc(Cl)n2)c1. The monoisotopic (exact) mass is 534 g/mol. The number of ether oxygens (including phenoxy) is 2. The molecule has 0 saturated carbocycles. The van der Waals surface area contributed by atoms with Gasteiger partial charge in [0.15, 0.2) is 0 Å². The van der Waals surface area contributed by atoms with Crippen LogP contribution in [0.5, 0.6) is 11.6 Å². The Balaban J connectivity index is 1.53. The van der Waals surface area contributed by atoms with Crippen molar-refractivity contribution in [3.8, 4) is 17.3 Å². The van der Waals surface area contributed by atoms with Gasteiger partial charge in [-0.1, -0.05) is 45.0 Å². The van der Waals surface area contributed by atoms with Crippen LogP contribution in [0.15, 0.2) is 66.9 Å². The molecule has 4 rings (SSSR count). The maximum Gasteiger partial charge on any atom is 0.337 e. The van der Waals surface area contributed by atoms with Gasteiger partial charge >= 0.3 is 12.0 Å². The van der Waals surface area contributed by atoms with Crippen molar-refractivity contribution in [2.24, 2.45) is 0 Å². The molecular formula is C27H27ClN6O4. The van der Waals surface area contributed by atoms with E-state index in [1.165, 1.54) is 13.3 Å². The fraction of sp³-hybridized carbons (Fsp3) is 0.222. The van der Waals surface area contributed by atoms with Crippen molar-refractivity contribution in [3.05, 3.63) is 89.0 Å². The van der Waals surface area contributed by atoms with E-state index in [2.05, 4.69) is 20.6 Å². The third-order valence-electron chi connectivity index (χ3n) is 5.46. The number of carbonyl (C=O) groups is 2. The van der Waals surface area contributed by atoms with Crippen molar-refractivity contribution >= 4 is 29.4 Å². The molecule has 0 fully saturated rings. The van der Waals surface area contributed by atoms with Crippen LogP contribution in [-0.2, 0) is 16.7 Å². The largest absolute Gasteiger partial charge is 0.465 e. The lowest BCUT2D eigenvalue weighted by Gasteiger charge is -2.14. The number of carbonyl (C=O) groups excluding carboxylic acids is 2. The van der Waals surface area contributed by atoms with Crippen molar-refractivity contribution in [2.75, 3.05) is 12.4 Å². The molecule has 2 aromatic carbocycles. The number of benzene rings is 2. The van der Waals surface area contributed by atoms with Gasteiger partial charge in [0.25, 0.3) is 0 Å². The Bertz CT molecular complexity index is 1460. The second kappa shape index (κ2) is 11.3. The fourth-order valence-corrected chi connectivity index (χ4v) is 3.63. The zero-order valence-corrected chi connectivity index (χ0v) is 22.1. The lowest BCUT2D eigenvalue weighted by molar-refractivity contribution is 0.0600. The summed E-state index contributed by atoms with van der Waals surface area (Å²) in [5.41, 5.74) is 2.18. The number of methoxy groups -OCH3 is 1. The highest BCUT2D eigenvalue weighted by molar-refractivity contribution is 6.28. The van der Waals surface area contributed by atoms with Gasteiger partial charge in [-0.3, -0.25) is 5.32 Å². The van der Waals surface area contributed by atoms with E-state index < -0.39 is 12.0 Å². The Labute approximate surface area is 225 Å². The summed E-state index contributed by atoms with van der Waals surface area (Å²) in [5, 5.41) is 10.5. The van der Waals surface area contributed by atoms with Gasteiger partial charge < -0.3 is 14.8 Å². The first-order chi connectivity index (χ1) is 18.1. The fourth-order valence-electron chi connectivity index (χ4n) is 3.49. The molecule has 11 heteroatoms. The lowest BCUT2D eigenvalue weighted by Crippen LogP contribution is -2.29. The summed E-state index contributed by atoms with van der Waals surface area (Å²) >= 11 is 5.85. The van der Waals surface area contributed by atoms with Crippen LogP contribution in [0.4, 0.5) is 10.6 Å². The first kappa shape index (κ1) is 26.6. The summed E-state index contributed by atoms with van der Waals surface area (Å²) in [6.45, 7) is 6.25. The Kier molecular flexibility index (Phi) is 7.92. The zero-order chi connectivity index (χ0) is 27.3. The first-order valence-electron chi connectivity index (χ1n) is 11.7. The average Bonchev–Trinajstić information content (AvgIpc) is 3.32. The van der Waals surface area contributed by atoms with Crippen molar-refractivity contribution in [1.29, 1.82) is 0 Å². The summed E-state index contributed by atoms with van der Waals surface area (Å²) in [4.78, 5) is 32.9. The molecule has 2 amide bonds. The van der Waals surface area contributed by atoms with Crippen LogP contribution in [0, 0.1) is 0 Å². The Morgan fingerprint density at radius 1 is 1.05 bits per heavy atom. The van der Waals surface area contributed by atoms with Crippen LogP contribution in [0.1, 0.15) is 42.4 Å². The number of urea groups is 1. The van der Waals surface area contributed by atoms with Crippen molar-refractivity contribution in [2.45, 2.75) is 32.7 Å². The third-order valence-corrected chi connectivity index (χ3v) is 5.64. The van der Waals surface area contributed by atoms with Crippen molar-refractivity contribution < 1.29 is 19.1 Å². The maximum atomic E-state index is 12.9. The van der Waals surface area contributed by atoms with E-state index in [9.17, 15) is 9.59 Å². The standard InChI is InChI=1S/C27H27ClN6O4/c1-27(2,3)21-15-22(34(33-21)19-10-7-9-17(14-19)24(35)37-4)31-26(36)30-16-18-8-5-6-11-20(18)38-23-12-13-29-25(28)32-23/h5-15H,16H2,1-4H3,(H2,30,31,36). The molecular weight excluding hydrogens is 508 g/mol. The summed E-state index contributed by atoms with van der Waals surface area (Å²) in [6, 6.07) is 17.0. The van der Waals surface area contributed by atoms with Crippen LogP contribution in [0.25, 0.3) is 5.69 Å². The maximum absolute atomic E-state index is 12.9. The number of anilines is 1. The van der Waals surface area contributed by atoms with Gasteiger partial charge in [0.2, 0.25) is 11.2 Å². The van der Waals surface area contributed by atoms with E-state index in [1.54, 1.807) is 47.1 Å². The quantitative estimate of drug-likeness (QED) is 0.237. The number of esters is 1. The molecule has 0 unspecified atom stereocenters. The molecule has 0 radical (unpaired) electrons. The van der Waals surface area contributed by atoms with Crippen LogP contribution < -0.4 is 15.4 Å². The van der Waals surface area contributed by atoms with Gasteiger partial charge in [-0.2, -0.15) is 10.1 Å². The molecule has 2 aromatic heterocycles. The smallest absolute Gasteiger partial charge is 0.337 e. The summed E-state index contributed by atoms with van der Waals surface area (Å²) in [6.07, 6.45) is 1.49. The third kappa shape index (κ3) is 6.46. The number of para-hydroxylation sites is 1. The Morgan fingerprint density at radius 3 is 2.58 bits per heavy atom. The van der Waals surface area contributed by atoms with Crippen LogP contribution in [0.2, 0.25) is 5.28 Å². The van der Waals surface area contributed by atoms with Crippen molar-refractivity contribution in [3.63, 3.8) is 0 Å². The number of halogens is 1. The van der Waals surface area contributed by atoms with Crippen molar-refractivity contribution in [1.82, 2.24) is 25.1 Å². The minimum absolute atomic E-state index is 0.0702. The van der Waals surface area contributed by atoms with E-state index in [1.807, 2.05) is 39.0 Å². The van der Waals surface area contributed by atoms with E-state index in [4.69, 9.17) is 26.2 Å². The molecule has 0 bridgehead atoms. The summed E-state index contributed by atoms with van der Waals surface area (Å²) in [7, 11) is 1.32. The molecule has 4 aromatic rings. The van der Waals surface area contributed by atoms with Gasteiger partial charge in [0.1, 0.15) is 11.6 Å². The topological polar surface area (TPSA) is 120 Å². The molecule has 0 spiro atoms. The molecule has 2 heterocycles. The highest BCUT2D eigenvalue weighted by atomic mass is 35.5. The van der Waals surface area contributed by atoms with Crippen LogP contribution >= 0.6 is 11.6 Å². The zero-order valence-electron chi connectivity index (χ0n) is 21.4. The molecule has 196 valence electrons. The van der Waals surface area contributed by atoms with Gasteiger partial charge in [-0.25, -0.2) is 19.3 Å². The van der Waals surface area contributed by atoms with Crippen LogP contribution in [0.3, 0.4) is 0 Å². The highest BCUT2D eigenvalue weighted by Gasteiger charge is 2.22. The number of nitrogens with one attached hydrogen (secondary N) is 2. The summed E-state index contributed by atoms with van der Waals surface area (Å²) in [5.74, 6) is 0.777. The first-order valence-corrected chi connectivity index (χ1v) is 12.1. The predicted molar refractivity (Wildman–Crippen MR) is 143 cm³/mol. The predicted octanol–water partition coefficient (Wildman–Crippen LogP) is 5.51.